The van der Waals surface area contributed by atoms with Crippen LogP contribution < -0.4 is 10.8 Å². The fourth-order valence-corrected chi connectivity index (χ4v) is 1.57. The van der Waals surface area contributed by atoms with E-state index in [4.69, 9.17) is 0 Å². The summed E-state index contributed by atoms with van der Waals surface area (Å²) in [4.78, 5) is 10.4. The van der Waals surface area contributed by atoms with Crippen molar-refractivity contribution in [2.24, 2.45) is 0 Å². The minimum absolute atomic E-state index is 0.0169. The average molecular weight is 193 g/mol. The summed E-state index contributed by atoms with van der Waals surface area (Å²) in [5.74, 6) is -1.05. The van der Waals surface area contributed by atoms with E-state index in [-0.39, 0.29) is 12.5 Å². The third-order valence-corrected chi connectivity index (χ3v) is 2.29. The van der Waals surface area contributed by atoms with Gasteiger partial charge < -0.3 is 15.6 Å². The molecule has 0 bridgehead atoms. The van der Waals surface area contributed by atoms with Gasteiger partial charge in [-0.2, -0.15) is 0 Å². The maximum absolute atomic E-state index is 10.4. The van der Waals surface area contributed by atoms with Crippen LogP contribution >= 0.6 is 0 Å². The van der Waals surface area contributed by atoms with Crippen molar-refractivity contribution in [3.8, 4) is 0 Å². The zero-order valence-corrected chi connectivity index (χ0v) is 8.32. The number of aryl methyl sites for hydroxylation is 1. The summed E-state index contributed by atoms with van der Waals surface area (Å²) in [5, 5.41) is 10.4. The molecule has 0 fully saturated rings. The second-order valence-corrected chi connectivity index (χ2v) is 3.33. The van der Waals surface area contributed by atoms with Gasteiger partial charge in [0.05, 0.1) is 0 Å². The monoisotopic (exact) mass is 193 g/mol. The molecule has 0 saturated heterocycles. The van der Waals surface area contributed by atoms with Crippen molar-refractivity contribution >= 4 is 5.97 Å². The number of benzene rings is 1. The Kier molecular flexibility index (Phi) is 3.65. The molecule has 0 spiro atoms. The second kappa shape index (κ2) is 4.77. The molecule has 1 atom stereocenters. The molecule has 0 aliphatic carbocycles. The van der Waals surface area contributed by atoms with Crippen LogP contribution in [-0.4, -0.2) is 5.97 Å². The molecule has 0 unspecified atom stereocenters. The number of rotatable bonds is 4. The minimum atomic E-state index is -1.05. The summed E-state index contributed by atoms with van der Waals surface area (Å²) in [5.41, 5.74) is 6.01. The molecule has 0 heterocycles. The Morgan fingerprint density at radius 2 is 2.14 bits per heavy atom. The van der Waals surface area contributed by atoms with Gasteiger partial charge in [0.25, 0.3) is 0 Å². The van der Waals surface area contributed by atoms with Gasteiger partial charge >= 0.3 is 0 Å². The topological polar surface area (TPSA) is 67.8 Å². The summed E-state index contributed by atoms with van der Waals surface area (Å²) < 4.78 is 0. The molecule has 1 aromatic carbocycles. The van der Waals surface area contributed by atoms with E-state index in [9.17, 15) is 9.90 Å². The maximum atomic E-state index is 10.4. The van der Waals surface area contributed by atoms with Crippen molar-refractivity contribution in [3.05, 3.63) is 35.4 Å². The van der Waals surface area contributed by atoms with Crippen LogP contribution in [0.3, 0.4) is 0 Å². The SMILES string of the molecule is CCc1ccccc1[C@H]([NH3+])CC(=O)[O-]. The Morgan fingerprint density at radius 1 is 1.50 bits per heavy atom. The molecule has 0 aliphatic rings. The van der Waals surface area contributed by atoms with E-state index in [1.807, 2.05) is 31.2 Å². The molecule has 1 aromatic rings. The molecule has 1 rings (SSSR count). The first-order chi connectivity index (χ1) is 6.65. The molecule has 3 heteroatoms. The molecule has 14 heavy (non-hydrogen) atoms. The summed E-state index contributed by atoms with van der Waals surface area (Å²) in [6.07, 6.45) is 0.881. The number of carbonyl (C=O) groups is 1. The molecule has 3 nitrogen and oxygen atoms in total. The lowest BCUT2D eigenvalue weighted by Crippen LogP contribution is -2.55. The van der Waals surface area contributed by atoms with Crippen LogP contribution in [0, 0.1) is 0 Å². The van der Waals surface area contributed by atoms with Crippen molar-refractivity contribution in [1.29, 1.82) is 0 Å². The van der Waals surface area contributed by atoms with Gasteiger partial charge in [-0.1, -0.05) is 31.2 Å². The van der Waals surface area contributed by atoms with Crippen molar-refractivity contribution in [1.82, 2.24) is 0 Å². The standard InChI is InChI=1S/C11H15NO2/c1-2-8-5-3-4-6-9(8)10(12)7-11(13)14/h3-6,10H,2,7,12H2,1H3,(H,13,14)/t10-/m1/s1. The first-order valence-corrected chi connectivity index (χ1v) is 4.75. The van der Waals surface area contributed by atoms with E-state index in [0.717, 1.165) is 17.5 Å². The van der Waals surface area contributed by atoms with E-state index in [2.05, 4.69) is 5.73 Å². The Bertz CT molecular complexity index is 323. The van der Waals surface area contributed by atoms with Crippen molar-refractivity contribution < 1.29 is 15.6 Å². The van der Waals surface area contributed by atoms with Crippen LogP contribution in [0.5, 0.6) is 0 Å². The second-order valence-electron chi connectivity index (χ2n) is 3.33. The number of carboxylic acid groups (broad SMARTS) is 1. The van der Waals surface area contributed by atoms with Crippen LogP contribution in [0.15, 0.2) is 24.3 Å². The first-order valence-electron chi connectivity index (χ1n) is 4.75. The van der Waals surface area contributed by atoms with Gasteiger partial charge in [-0.15, -0.1) is 0 Å². The highest BCUT2D eigenvalue weighted by atomic mass is 16.4. The van der Waals surface area contributed by atoms with E-state index in [1.165, 1.54) is 0 Å². The van der Waals surface area contributed by atoms with E-state index in [1.54, 1.807) is 0 Å². The van der Waals surface area contributed by atoms with Crippen LogP contribution in [0.25, 0.3) is 0 Å². The molecular formula is C11H15NO2. The van der Waals surface area contributed by atoms with E-state index in [0.29, 0.717) is 0 Å². The van der Waals surface area contributed by atoms with Gasteiger partial charge in [-0.25, -0.2) is 0 Å². The van der Waals surface area contributed by atoms with Crippen molar-refractivity contribution in [3.63, 3.8) is 0 Å². The Morgan fingerprint density at radius 3 is 2.71 bits per heavy atom. The number of quaternary nitrogens is 1. The minimum Gasteiger partial charge on any atom is -0.550 e. The predicted octanol–water partition coefficient (Wildman–Crippen LogP) is -0.328. The van der Waals surface area contributed by atoms with Crippen molar-refractivity contribution in [2.75, 3.05) is 0 Å². The van der Waals surface area contributed by atoms with Crippen LogP contribution in [0.1, 0.15) is 30.5 Å². The summed E-state index contributed by atoms with van der Waals surface area (Å²) in [7, 11) is 0. The number of aliphatic carboxylic acids is 1. The maximum Gasteiger partial charge on any atom is 0.116 e. The Hall–Kier alpha value is -1.35. The zero-order chi connectivity index (χ0) is 10.6. The van der Waals surface area contributed by atoms with Crippen LogP contribution in [0.4, 0.5) is 0 Å². The quantitative estimate of drug-likeness (QED) is 0.711. The molecule has 0 radical (unpaired) electrons. The van der Waals surface area contributed by atoms with Gasteiger partial charge in [-0.3, -0.25) is 0 Å². The fraction of sp³-hybridized carbons (Fsp3) is 0.364. The third kappa shape index (κ3) is 2.57. The number of hydrogen-bond donors (Lipinski definition) is 1. The Balaban J connectivity index is 2.87. The lowest BCUT2D eigenvalue weighted by atomic mass is 9.97. The number of carbonyl (C=O) groups excluding carboxylic acids is 1. The average Bonchev–Trinajstić information content (AvgIpc) is 2.16. The van der Waals surface area contributed by atoms with Gasteiger partial charge in [-0.05, 0) is 12.0 Å². The first kappa shape index (κ1) is 10.7. The van der Waals surface area contributed by atoms with E-state index >= 15 is 0 Å². The van der Waals surface area contributed by atoms with Gasteiger partial charge in [0.15, 0.2) is 0 Å². The summed E-state index contributed by atoms with van der Waals surface area (Å²) >= 11 is 0. The molecule has 0 saturated carbocycles. The molecule has 0 aliphatic heterocycles. The number of carboxylic acids is 1. The highest BCUT2D eigenvalue weighted by Crippen LogP contribution is 2.17. The van der Waals surface area contributed by atoms with Gasteiger partial charge in [0.2, 0.25) is 0 Å². The molecule has 76 valence electrons. The smallest absolute Gasteiger partial charge is 0.116 e. The predicted molar refractivity (Wildman–Crippen MR) is 51.1 cm³/mol. The lowest BCUT2D eigenvalue weighted by molar-refractivity contribution is -0.430. The van der Waals surface area contributed by atoms with Crippen LogP contribution in [-0.2, 0) is 11.2 Å². The zero-order valence-electron chi connectivity index (χ0n) is 8.32. The largest absolute Gasteiger partial charge is 0.550 e. The third-order valence-electron chi connectivity index (χ3n) is 2.29. The molecule has 0 amide bonds. The van der Waals surface area contributed by atoms with Crippen molar-refractivity contribution in [2.45, 2.75) is 25.8 Å². The van der Waals surface area contributed by atoms with Gasteiger partial charge in [0.1, 0.15) is 6.04 Å². The summed E-state index contributed by atoms with van der Waals surface area (Å²) in [6, 6.07) is 7.58. The molecule has 0 aromatic heterocycles. The highest BCUT2D eigenvalue weighted by Gasteiger charge is 2.12. The molecular weight excluding hydrogens is 178 g/mol. The summed E-state index contributed by atoms with van der Waals surface area (Å²) in [6.45, 7) is 2.05. The highest BCUT2D eigenvalue weighted by molar-refractivity contribution is 5.65. The fourth-order valence-electron chi connectivity index (χ4n) is 1.57. The van der Waals surface area contributed by atoms with Crippen LogP contribution in [0.2, 0.25) is 0 Å². The van der Waals surface area contributed by atoms with Gasteiger partial charge in [0, 0.05) is 18.0 Å². The molecule has 3 N–H and O–H groups in total. The van der Waals surface area contributed by atoms with E-state index < -0.39 is 5.97 Å². The normalized spacial score (nSPS) is 12.4. The number of hydrogen-bond acceptors (Lipinski definition) is 2. The Labute approximate surface area is 83.6 Å². The lowest BCUT2D eigenvalue weighted by Gasteiger charge is -2.13.